The smallest absolute Gasteiger partial charge is 0.339 e. The summed E-state index contributed by atoms with van der Waals surface area (Å²) in [5, 5.41) is 0.663. The molecule has 0 aliphatic heterocycles. The van der Waals surface area contributed by atoms with Crippen LogP contribution in [0.25, 0.3) is 10.9 Å². The van der Waals surface area contributed by atoms with Crippen molar-refractivity contribution in [2.75, 3.05) is 0 Å². The SMILES string of the molecule is NC(=O)[C@@H](OC(=O)c1cccc2ncccc12)c1ccccc1. The number of ether oxygens (including phenoxy) is 1. The van der Waals surface area contributed by atoms with Crippen molar-refractivity contribution < 1.29 is 14.3 Å². The number of hydrogen-bond donors (Lipinski definition) is 1. The summed E-state index contributed by atoms with van der Waals surface area (Å²) < 4.78 is 5.35. The van der Waals surface area contributed by atoms with E-state index in [4.69, 9.17) is 10.5 Å². The van der Waals surface area contributed by atoms with E-state index in [1.807, 2.05) is 0 Å². The van der Waals surface area contributed by atoms with Crippen LogP contribution in [-0.2, 0) is 9.53 Å². The van der Waals surface area contributed by atoms with E-state index in [9.17, 15) is 9.59 Å². The van der Waals surface area contributed by atoms with Gasteiger partial charge in [0.15, 0.2) is 0 Å². The van der Waals surface area contributed by atoms with Gasteiger partial charge in [-0.05, 0) is 18.2 Å². The van der Waals surface area contributed by atoms with Gasteiger partial charge in [-0.1, -0.05) is 42.5 Å². The van der Waals surface area contributed by atoms with Crippen LogP contribution in [0.2, 0.25) is 0 Å². The molecule has 0 saturated heterocycles. The molecule has 2 N–H and O–H groups in total. The number of carbonyl (C=O) groups excluding carboxylic acids is 2. The second kappa shape index (κ2) is 6.27. The number of fused-ring (bicyclic) bond motifs is 1. The van der Waals surface area contributed by atoms with E-state index >= 15 is 0 Å². The van der Waals surface area contributed by atoms with Gasteiger partial charge in [0.05, 0.1) is 11.1 Å². The van der Waals surface area contributed by atoms with Gasteiger partial charge in [0.2, 0.25) is 6.10 Å². The minimum absolute atomic E-state index is 0.345. The molecular formula is C18H14N2O3. The van der Waals surface area contributed by atoms with E-state index in [0.29, 0.717) is 22.0 Å². The Morgan fingerprint density at radius 3 is 2.48 bits per heavy atom. The second-order valence-corrected chi connectivity index (χ2v) is 4.97. The third-order valence-electron chi connectivity index (χ3n) is 3.45. The molecule has 5 nitrogen and oxygen atoms in total. The van der Waals surface area contributed by atoms with E-state index in [1.165, 1.54) is 0 Å². The Labute approximate surface area is 132 Å². The van der Waals surface area contributed by atoms with Crippen molar-refractivity contribution in [1.29, 1.82) is 0 Å². The summed E-state index contributed by atoms with van der Waals surface area (Å²) in [5.74, 6) is -1.33. The van der Waals surface area contributed by atoms with Crippen molar-refractivity contribution >= 4 is 22.8 Å². The molecule has 0 bridgehead atoms. The highest BCUT2D eigenvalue weighted by Crippen LogP contribution is 2.22. The molecule has 2 aromatic carbocycles. The maximum absolute atomic E-state index is 12.5. The lowest BCUT2D eigenvalue weighted by atomic mass is 10.1. The van der Waals surface area contributed by atoms with Crippen molar-refractivity contribution in [3.8, 4) is 0 Å². The molecule has 0 unspecified atom stereocenters. The van der Waals surface area contributed by atoms with Gasteiger partial charge < -0.3 is 10.5 Å². The molecule has 3 rings (SSSR count). The highest BCUT2D eigenvalue weighted by Gasteiger charge is 2.24. The van der Waals surface area contributed by atoms with Crippen LogP contribution in [0, 0.1) is 0 Å². The molecule has 1 heterocycles. The van der Waals surface area contributed by atoms with Gasteiger partial charge >= 0.3 is 5.97 Å². The number of amides is 1. The zero-order chi connectivity index (χ0) is 16.2. The maximum Gasteiger partial charge on any atom is 0.339 e. The van der Waals surface area contributed by atoms with Crippen molar-refractivity contribution in [3.63, 3.8) is 0 Å². The van der Waals surface area contributed by atoms with E-state index < -0.39 is 18.0 Å². The first-order valence-electron chi connectivity index (χ1n) is 7.06. The van der Waals surface area contributed by atoms with Gasteiger partial charge in [-0.2, -0.15) is 0 Å². The van der Waals surface area contributed by atoms with Crippen LogP contribution in [0.5, 0.6) is 0 Å². The molecule has 0 aliphatic carbocycles. The largest absolute Gasteiger partial charge is 0.444 e. The summed E-state index contributed by atoms with van der Waals surface area (Å²) in [7, 11) is 0. The quantitative estimate of drug-likeness (QED) is 0.751. The Bertz CT molecular complexity index is 857. The van der Waals surface area contributed by atoms with Gasteiger partial charge in [-0.25, -0.2) is 4.79 Å². The van der Waals surface area contributed by atoms with Crippen LogP contribution >= 0.6 is 0 Å². The van der Waals surface area contributed by atoms with Crippen molar-refractivity contribution in [2.45, 2.75) is 6.10 Å². The number of nitrogens with zero attached hydrogens (tertiary/aromatic N) is 1. The molecule has 0 spiro atoms. The predicted octanol–water partition coefficient (Wildman–Crippen LogP) is 2.62. The highest BCUT2D eigenvalue weighted by atomic mass is 16.5. The summed E-state index contributed by atoms with van der Waals surface area (Å²) in [5.41, 5.74) is 6.94. The number of carbonyl (C=O) groups is 2. The third-order valence-corrected chi connectivity index (χ3v) is 3.45. The molecule has 0 saturated carbocycles. The maximum atomic E-state index is 12.5. The standard InChI is InChI=1S/C18H14N2O3/c19-17(21)16(12-6-2-1-3-7-12)23-18(22)14-8-4-10-15-13(14)9-5-11-20-15/h1-11,16H,(H2,19,21)/t16-/m0/s1. The number of esters is 1. The zero-order valence-electron chi connectivity index (χ0n) is 12.2. The Kier molecular flexibility index (Phi) is 4.01. The fraction of sp³-hybridized carbons (Fsp3) is 0.0556. The van der Waals surface area contributed by atoms with E-state index in [0.717, 1.165) is 0 Å². The van der Waals surface area contributed by atoms with Gasteiger partial charge in [0, 0.05) is 17.1 Å². The zero-order valence-corrected chi connectivity index (χ0v) is 12.2. The summed E-state index contributed by atoms with van der Waals surface area (Å²) in [4.78, 5) is 28.3. The molecule has 3 aromatic rings. The average Bonchev–Trinajstić information content (AvgIpc) is 2.59. The first-order chi connectivity index (χ1) is 11.2. The van der Waals surface area contributed by atoms with E-state index in [-0.39, 0.29) is 0 Å². The van der Waals surface area contributed by atoms with Gasteiger partial charge in [-0.3, -0.25) is 9.78 Å². The fourth-order valence-corrected chi connectivity index (χ4v) is 2.37. The van der Waals surface area contributed by atoms with Crippen LogP contribution in [0.15, 0.2) is 66.9 Å². The predicted molar refractivity (Wildman–Crippen MR) is 85.5 cm³/mol. The van der Waals surface area contributed by atoms with Crippen molar-refractivity contribution in [1.82, 2.24) is 4.98 Å². The average molecular weight is 306 g/mol. The number of primary amides is 1. The van der Waals surface area contributed by atoms with Crippen LogP contribution in [-0.4, -0.2) is 16.9 Å². The van der Waals surface area contributed by atoms with Crippen LogP contribution in [0.4, 0.5) is 0 Å². The molecule has 1 aromatic heterocycles. The van der Waals surface area contributed by atoms with Gasteiger partial charge in [-0.15, -0.1) is 0 Å². The van der Waals surface area contributed by atoms with E-state index in [1.54, 1.807) is 66.9 Å². The van der Waals surface area contributed by atoms with Gasteiger partial charge in [0.1, 0.15) is 0 Å². The Morgan fingerprint density at radius 2 is 1.74 bits per heavy atom. The third kappa shape index (κ3) is 3.03. The fourth-order valence-electron chi connectivity index (χ4n) is 2.37. The molecule has 0 radical (unpaired) electrons. The number of benzene rings is 2. The Balaban J connectivity index is 1.94. The van der Waals surface area contributed by atoms with Gasteiger partial charge in [0.25, 0.3) is 5.91 Å². The molecule has 1 atom stereocenters. The normalized spacial score (nSPS) is 11.8. The number of nitrogens with two attached hydrogens (primary N) is 1. The van der Waals surface area contributed by atoms with Crippen LogP contribution < -0.4 is 5.73 Å². The summed E-state index contributed by atoms with van der Waals surface area (Å²) in [6.45, 7) is 0. The van der Waals surface area contributed by atoms with Crippen LogP contribution in [0.1, 0.15) is 22.0 Å². The van der Waals surface area contributed by atoms with Crippen molar-refractivity contribution in [3.05, 3.63) is 78.0 Å². The van der Waals surface area contributed by atoms with Crippen LogP contribution in [0.3, 0.4) is 0 Å². The number of hydrogen-bond acceptors (Lipinski definition) is 4. The molecule has 0 aliphatic rings. The summed E-state index contributed by atoms with van der Waals surface area (Å²) in [6, 6.07) is 17.4. The lowest BCUT2D eigenvalue weighted by Gasteiger charge is -2.15. The number of pyridine rings is 1. The molecule has 114 valence electrons. The molecular weight excluding hydrogens is 292 g/mol. The van der Waals surface area contributed by atoms with E-state index in [2.05, 4.69) is 4.98 Å². The first kappa shape index (κ1) is 14.7. The molecule has 0 fully saturated rings. The lowest BCUT2D eigenvalue weighted by molar-refractivity contribution is -0.127. The first-order valence-corrected chi connectivity index (χ1v) is 7.06. The second-order valence-electron chi connectivity index (χ2n) is 4.97. The highest BCUT2D eigenvalue weighted by molar-refractivity contribution is 6.04. The Morgan fingerprint density at radius 1 is 0.957 bits per heavy atom. The summed E-state index contributed by atoms with van der Waals surface area (Å²) >= 11 is 0. The minimum atomic E-state index is -1.13. The minimum Gasteiger partial charge on any atom is -0.444 e. The summed E-state index contributed by atoms with van der Waals surface area (Å²) in [6.07, 6.45) is 0.517. The monoisotopic (exact) mass is 306 g/mol. The molecule has 1 amide bonds. The number of rotatable bonds is 4. The Hall–Kier alpha value is -3.21. The van der Waals surface area contributed by atoms with Crippen molar-refractivity contribution in [2.24, 2.45) is 5.73 Å². The lowest BCUT2D eigenvalue weighted by Crippen LogP contribution is -2.26. The molecule has 5 heteroatoms. The number of aromatic nitrogens is 1. The topological polar surface area (TPSA) is 82.3 Å². The molecule has 23 heavy (non-hydrogen) atoms.